The van der Waals surface area contributed by atoms with E-state index in [9.17, 15) is 13.2 Å². The number of piperazine rings is 1. The molecule has 0 bridgehead atoms. The van der Waals surface area contributed by atoms with Gasteiger partial charge in [0.1, 0.15) is 23.5 Å². The van der Waals surface area contributed by atoms with E-state index in [1.165, 1.54) is 17.0 Å². The van der Waals surface area contributed by atoms with Crippen LogP contribution in [0.1, 0.15) is 13.8 Å². The smallest absolute Gasteiger partial charge is 0.295 e. The first-order valence-electron chi connectivity index (χ1n) is 11.1. The first-order valence-corrected chi connectivity index (χ1v) is 12.5. The van der Waals surface area contributed by atoms with Crippen LogP contribution in [0, 0.1) is 0 Å². The molecule has 3 aromatic rings. The van der Waals surface area contributed by atoms with Gasteiger partial charge < -0.3 is 23.5 Å². The maximum atomic E-state index is 13.1. The molecule has 1 aliphatic rings. The van der Waals surface area contributed by atoms with E-state index in [4.69, 9.17) is 13.9 Å². The van der Waals surface area contributed by atoms with Gasteiger partial charge in [-0.05, 0) is 50.2 Å². The van der Waals surface area contributed by atoms with Crippen LogP contribution in [-0.4, -0.2) is 63.3 Å². The van der Waals surface area contributed by atoms with Crippen molar-refractivity contribution in [3.05, 3.63) is 55.1 Å². The SMILES string of the molecule is CC(C)Oc1ccc(S(=O)(=O)N2CCN(c3ccc(-c4cocn4)c(OCOC=O)c3)CC2)cc1. The molecule has 2 heterocycles. The van der Waals surface area contributed by atoms with Gasteiger partial charge >= 0.3 is 0 Å². The van der Waals surface area contributed by atoms with E-state index >= 15 is 0 Å². The summed E-state index contributed by atoms with van der Waals surface area (Å²) < 4.78 is 48.7. The average molecular weight is 502 g/mol. The van der Waals surface area contributed by atoms with Gasteiger partial charge in [-0.3, -0.25) is 4.79 Å². The van der Waals surface area contributed by atoms with Gasteiger partial charge in [0, 0.05) is 43.5 Å². The van der Waals surface area contributed by atoms with Crippen molar-refractivity contribution in [2.75, 3.05) is 37.9 Å². The molecule has 10 nitrogen and oxygen atoms in total. The number of rotatable bonds is 10. The molecule has 35 heavy (non-hydrogen) atoms. The Morgan fingerprint density at radius 2 is 1.83 bits per heavy atom. The molecule has 0 atom stereocenters. The summed E-state index contributed by atoms with van der Waals surface area (Å²) in [5.74, 6) is 1.10. The van der Waals surface area contributed by atoms with Crippen LogP contribution in [-0.2, 0) is 19.6 Å². The summed E-state index contributed by atoms with van der Waals surface area (Å²) in [6, 6.07) is 12.1. The minimum atomic E-state index is -3.61. The monoisotopic (exact) mass is 501 g/mol. The predicted molar refractivity (Wildman–Crippen MR) is 128 cm³/mol. The highest BCUT2D eigenvalue weighted by Crippen LogP contribution is 2.34. The highest BCUT2D eigenvalue weighted by molar-refractivity contribution is 7.89. The predicted octanol–water partition coefficient (Wildman–Crippen LogP) is 3.15. The number of carbonyl (C=O) groups is 1. The number of oxazole rings is 1. The molecule has 11 heteroatoms. The third-order valence-corrected chi connectivity index (χ3v) is 7.37. The van der Waals surface area contributed by atoms with Gasteiger partial charge in [0.2, 0.25) is 16.8 Å². The van der Waals surface area contributed by atoms with Crippen molar-refractivity contribution in [1.82, 2.24) is 9.29 Å². The number of ether oxygens (including phenoxy) is 3. The van der Waals surface area contributed by atoms with Gasteiger partial charge in [-0.1, -0.05) is 0 Å². The molecule has 1 fully saturated rings. The number of hydrogen-bond donors (Lipinski definition) is 0. The molecule has 0 radical (unpaired) electrons. The van der Waals surface area contributed by atoms with Crippen molar-refractivity contribution in [3.8, 4) is 22.8 Å². The first kappa shape index (κ1) is 24.6. The summed E-state index contributed by atoms with van der Waals surface area (Å²) in [5.41, 5.74) is 2.12. The summed E-state index contributed by atoms with van der Waals surface area (Å²) in [6.45, 7) is 5.57. The Labute approximate surface area is 204 Å². The van der Waals surface area contributed by atoms with E-state index in [2.05, 4.69) is 14.6 Å². The van der Waals surface area contributed by atoms with Crippen molar-refractivity contribution >= 4 is 22.2 Å². The Balaban J connectivity index is 1.45. The van der Waals surface area contributed by atoms with Gasteiger partial charge in [0.25, 0.3) is 6.47 Å². The minimum Gasteiger partial charge on any atom is -0.491 e. The number of carbonyl (C=O) groups excluding carboxylic acids is 1. The lowest BCUT2D eigenvalue weighted by molar-refractivity contribution is -0.134. The molecule has 1 aromatic heterocycles. The average Bonchev–Trinajstić information content (AvgIpc) is 3.39. The number of nitrogens with zero attached hydrogens (tertiary/aromatic N) is 3. The zero-order chi connectivity index (χ0) is 24.8. The summed E-state index contributed by atoms with van der Waals surface area (Å²) >= 11 is 0. The van der Waals surface area contributed by atoms with E-state index in [-0.39, 0.29) is 17.8 Å². The lowest BCUT2D eigenvalue weighted by atomic mass is 10.1. The number of aromatic nitrogens is 1. The van der Waals surface area contributed by atoms with E-state index in [0.717, 1.165) is 5.69 Å². The summed E-state index contributed by atoms with van der Waals surface area (Å²) in [5, 5.41) is 0. The maximum absolute atomic E-state index is 13.1. The van der Waals surface area contributed by atoms with Gasteiger partial charge in [0.05, 0.1) is 11.0 Å². The summed E-state index contributed by atoms with van der Waals surface area (Å²) in [6.07, 6.45) is 2.83. The number of sulfonamides is 1. The fourth-order valence-electron chi connectivity index (χ4n) is 3.81. The van der Waals surface area contributed by atoms with Crippen molar-refractivity contribution in [2.24, 2.45) is 0 Å². The molecule has 4 rings (SSSR count). The Morgan fingerprint density at radius 3 is 2.46 bits per heavy atom. The number of hydrogen-bond acceptors (Lipinski definition) is 9. The van der Waals surface area contributed by atoms with E-state index < -0.39 is 10.0 Å². The zero-order valence-electron chi connectivity index (χ0n) is 19.5. The number of anilines is 1. The Morgan fingerprint density at radius 1 is 1.09 bits per heavy atom. The van der Waals surface area contributed by atoms with Crippen molar-refractivity contribution in [3.63, 3.8) is 0 Å². The van der Waals surface area contributed by atoms with Gasteiger partial charge in [-0.25, -0.2) is 13.4 Å². The second-order valence-corrected chi connectivity index (χ2v) is 10.0. The van der Waals surface area contributed by atoms with Crippen molar-refractivity contribution in [2.45, 2.75) is 24.8 Å². The Hall–Kier alpha value is -3.57. The third kappa shape index (κ3) is 5.75. The van der Waals surface area contributed by atoms with E-state index in [0.29, 0.717) is 55.4 Å². The highest BCUT2D eigenvalue weighted by Gasteiger charge is 2.29. The van der Waals surface area contributed by atoms with Crippen LogP contribution in [0.2, 0.25) is 0 Å². The fraction of sp³-hybridized carbons (Fsp3) is 0.333. The van der Waals surface area contributed by atoms with Crippen LogP contribution in [0.5, 0.6) is 11.5 Å². The molecule has 0 unspecified atom stereocenters. The van der Waals surface area contributed by atoms with Crippen molar-refractivity contribution in [1.29, 1.82) is 0 Å². The molecule has 1 saturated heterocycles. The quantitative estimate of drug-likeness (QED) is 0.235. The number of benzene rings is 2. The highest BCUT2D eigenvalue weighted by atomic mass is 32.2. The van der Waals surface area contributed by atoms with Crippen LogP contribution in [0.25, 0.3) is 11.3 Å². The standard InChI is InChI=1S/C24H27N3O7S/c1-18(2)34-20-4-6-21(7-5-20)35(29,30)27-11-9-26(10-12-27)19-3-8-22(23-14-31-15-25-23)24(13-19)33-17-32-16-28/h3-8,13-16,18H,9-12,17H2,1-2H3. The third-order valence-electron chi connectivity index (χ3n) is 5.46. The molecule has 0 saturated carbocycles. The molecule has 0 aliphatic carbocycles. The maximum Gasteiger partial charge on any atom is 0.295 e. The van der Waals surface area contributed by atoms with E-state index in [1.807, 2.05) is 32.0 Å². The van der Waals surface area contributed by atoms with Crippen LogP contribution in [0.15, 0.2) is 64.4 Å². The normalized spacial score (nSPS) is 14.7. The molecule has 0 spiro atoms. The summed E-state index contributed by atoms with van der Waals surface area (Å²) in [7, 11) is -3.61. The first-order chi connectivity index (χ1) is 16.9. The van der Waals surface area contributed by atoms with Crippen LogP contribution >= 0.6 is 0 Å². The molecule has 2 aromatic carbocycles. The fourth-order valence-corrected chi connectivity index (χ4v) is 5.23. The van der Waals surface area contributed by atoms with Crippen molar-refractivity contribution < 1.29 is 31.8 Å². The van der Waals surface area contributed by atoms with Crippen LogP contribution < -0.4 is 14.4 Å². The second kappa shape index (κ2) is 10.8. The largest absolute Gasteiger partial charge is 0.491 e. The minimum absolute atomic E-state index is 0.0130. The molecule has 0 amide bonds. The van der Waals surface area contributed by atoms with Gasteiger partial charge in [-0.15, -0.1) is 0 Å². The van der Waals surface area contributed by atoms with Crippen LogP contribution in [0.3, 0.4) is 0 Å². The lowest BCUT2D eigenvalue weighted by Gasteiger charge is -2.35. The van der Waals surface area contributed by atoms with Gasteiger partial charge in [-0.2, -0.15) is 4.31 Å². The Bertz CT molecular complexity index is 1220. The lowest BCUT2D eigenvalue weighted by Crippen LogP contribution is -2.48. The molecule has 0 N–H and O–H groups in total. The van der Waals surface area contributed by atoms with Crippen LogP contribution in [0.4, 0.5) is 5.69 Å². The zero-order valence-corrected chi connectivity index (χ0v) is 20.3. The Kier molecular flexibility index (Phi) is 7.57. The van der Waals surface area contributed by atoms with E-state index in [1.54, 1.807) is 24.3 Å². The molecule has 186 valence electrons. The molecular weight excluding hydrogens is 474 g/mol. The van der Waals surface area contributed by atoms with Gasteiger partial charge in [0.15, 0.2) is 6.39 Å². The molecule has 1 aliphatic heterocycles. The second-order valence-electron chi connectivity index (χ2n) is 8.11. The topological polar surface area (TPSA) is 111 Å². The molecular formula is C24H27N3O7S. The summed E-state index contributed by atoms with van der Waals surface area (Å²) in [4.78, 5) is 17.0.